The van der Waals surface area contributed by atoms with Crippen LogP contribution in [0.25, 0.3) is 0 Å². The number of nitrogens with zero attached hydrogens (tertiary/aromatic N) is 1. The monoisotopic (exact) mass is 158 g/mol. The first kappa shape index (κ1) is 9.94. The summed E-state index contributed by atoms with van der Waals surface area (Å²) in [6, 6.07) is -0.565. The second-order valence-electron chi connectivity index (χ2n) is 2.49. The molecular formula is C7H14N2O2. The van der Waals surface area contributed by atoms with E-state index in [-0.39, 0.29) is 0 Å². The third-order valence-corrected chi connectivity index (χ3v) is 1.15. The highest BCUT2D eigenvalue weighted by atomic mass is 16.4. The highest BCUT2D eigenvalue weighted by molar-refractivity contribution is 5.79. The van der Waals surface area contributed by atoms with Crippen molar-refractivity contribution in [3.05, 3.63) is 0 Å². The molecule has 1 unspecified atom stereocenters. The summed E-state index contributed by atoms with van der Waals surface area (Å²) >= 11 is 0. The summed E-state index contributed by atoms with van der Waals surface area (Å²) in [6.45, 7) is 5.41. The summed E-state index contributed by atoms with van der Waals surface area (Å²) in [5, 5.41) is 12.4. The fourth-order valence-corrected chi connectivity index (χ4v) is 0.528. The summed E-state index contributed by atoms with van der Waals surface area (Å²) in [5.74, 6) is -0.863. The van der Waals surface area contributed by atoms with Gasteiger partial charge in [-0.2, -0.15) is 5.10 Å². The summed E-state index contributed by atoms with van der Waals surface area (Å²) in [5.41, 5.74) is 3.38. The number of carboxylic acid groups (broad SMARTS) is 1. The Bertz CT molecular complexity index is 162. The molecule has 1 atom stereocenters. The molecule has 0 aromatic carbocycles. The molecule has 0 aliphatic heterocycles. The molecule has 0 aliphatic carbocycles. The van der Waals surface area contributed by atoms with Crippen molar-refractivity contribution in [2.24, 2.45) is 5.10 Å². The van der Waals surface area contributed by atoms with Crippen molar-refractivity contribution in [1.29, 1.82) is 0 Å². The van der Waals surface area contributed by atoms with Crippen molar-refractivity contribution in [1.82, 2.24) is 5.43 Å². The first-order chi connectivity index (χ1) is 5.07. The molecule has 0 aliphatic rings. The normalized spacial score (nSPS) is 11.9. The molecule has 11 heavy (non-hydrogen) atoms. The Morgan fingerprint density at radius 2 is 2.18 bits per heavy atom. The van der Waals surface area contributed by atoms with Crippen molar-refractivity contribution in [2.45, 2.75) is 33.2 Å². The minimum atomic E-state index is -0.863. The molecule has 0 aromatic heterocycles. The Hall–Kier alpha value is -1.06. The van der Waals surface area contributed by atoms with Gasteiger partial charge < -0.3 is 5.11 Å². The van der Waals surface area contributed by atoms with Gasteiger partial charge in [0.2, 0.25) is 0 Å². The standard InChI is InChI=1S/C7H14N2O2/c1-4-6(7(10)11)9-8-5(2)3/h6,9H,4H2,1-3H3,(H,10,11). The molecule has 0 radical (unpaired) electrons. The van der Waals surface area contributed by atoms with Gasteiger partial charge in [-0.25, -0.2) is 4.79 Å². The average Bonchev–Trinajstić information content (AvgIpc) is 1.87. The molecule has 0 saturated heterocycles. The fourth-order valence-electron chi connectivity index (χ4n) is 0.528. The van der Waals surface area contributed by atoms with Gasteiger partial charge in [0.1, 0.15) is 6.04 Å². The quantitative estimate of drug-likeness (QED) is 0.470. The van der Waals surface area contributed by atoms with Gasteiger partial charge in [-0.3, -0.25) is 5.43 Å². The molecular weight excluding hydrogens is 144 g/mol. The Morgan fingerprint density at radius 1 is 1.64 bits per heavy atom. The average molecular weight is 158 g/mol. The molecule has 0 saturated carbocycles. The van der Waals surface area contributed by atoms with Gasteiger partial charge in [-0.15, -0.1) is 0 Å². The molecule has 0 rings (SSSR count). The lowest BCUT2D eigenvalue weighted by Crippen LogP contribution is -2.32. The zero-order chi connectivity index (χ0) is 8.85. The van der Waals surface area contributed by atoms with E-state index in [1.54, 1.807) is 6.92 Å². The van der Waals surface area contributed by atoms with E-state index in [1.165, 1.54) is 0 Å². The van der Waals surface area contributed by atoms with Crippen LogP contribution in [0, 0.1) is 0 Å². The molecule has 0 aromatic rings. The van der Waals surface area contributed by atoms with Gasteiger partial charge in [0, 0.05) is 5.71 Å². The maximum Gasteiger partial charge on any atom is 0.327 e. The van der Waals surface area contributed by atoms with Crippen LogP contribution in [0.4, 0.5) is 0 Å². The minimum absolute atomic E-state index is 0.534. The van der Waals surface area contributed by atoms with Crippen molar-refractivity contribution >= 4 is 11.7 Å². The van der Waals surface area contributed by atoms with Crippen molar-refractivity contribution in [3.8, 4) is 0 Å². The largest absolute Gasteiger partial charge is 0.480 e. The maximum absolute atomic E-state index is 10.4. The third kappa shape index (κ3) is 4.36. The molecule has 0 heterocycles. The van der Waals surface area contributed by atoms with E-state index in [0.717, 1.165) is 5.71 Å². The van der Waals surface area contributed by atoms with Gasteiger partial charge in [-0.05, 0) is 20.3 Å². The lowest BCUT2D eigenvalue weighted by atomic mass is 10.2. The summed E-state index contributed by atoms with van der Waals surface area (Å²) in [4.78, 5) is 10.4. The van der Waals surface area contributed by atoms with Crippen molar-refractivity contribution in [2.75, 3.05) is 0 Å². The van der Waals surface area contributed by atoms with Gasteiger partial charge in [-0.1, -0.05) is 6.92 Å². The van der Waals surface area contributed by atoms with Gasteiger partial charge in [0.15, 0.2) is 0 Å². The number of aliphatic carboxylic acids is 1. The predicted octanol–water partition coefficient (Wildman–Crippen LogP) is 0.835. The van der Waals surface area contributed by atoms with Gasteiger partial charge in [0.25, 0.3) is 0 Å². The zero-order valence-electron chi connectivity index (χ0n) is 7.09. The number of hydrogen-bond acceptors (Lipinski definition) is 3. The van der Waals surface area contributed by atoms with Crippen molar-refractivity contribution in [3.63, 3.8) is 0 Å². The first-order valence-electron chi connectivity index (χ1n) is 3.57. The van der Waals surface area contributed by atoms with Crippen LogP contribution in [0.3, 0.4) is 0 Å². The van der Waals surface area contributed by atoms with Crippen LogP contribution >= 0.6 is 0 Å². The van der Waals surface area contributed by atoms with E-state index in [0.29, 0.717) is 6.42 Å². The minimum Gasteiger partial charge on any atom is -0.480 e. The Labute approximate surface area is 66.3 Å². The molecule has 0 bridgehead atoms. The Morgan fingerprint density at radius 3 is 2.45 bits per heavy atom. The van der Waals surface area contributed by atoms with Crippen LogP contribution in [0.15, 0.2) is 5.10 Å². The van der Waals surface area contributed by atoms with Crippen LogP contribution in [-0.2, 0) is 4.79 Å². The number of carbonyl (C=O) groups is 1. The van der Waals surface area contributed by atoms with E-state index < -0.39 is 12.0 Å². The number of hydrogen-bond donors (Lipinski definition) is 2. The van der Waals surface area contributed by atoms with Gasteiger partial charge in [0.05, 0.1) is 0 Å². The molecule has 0 fully saturated rings. The predicted molar refractivity (Wildman–Crippen MR) is 43.6 cm³/mol. The Balaban J connectivity index is 3.89. The number of carboxylic acids is 1. The van der Waals surface area contributed by atoms with E-state index in [1.807, 2.05) is 13.8 Å². The summed E-state index contributed by atoms with van der Waals surface area (Å²) < 4.78 is 0. The molecule has 4 nitrogen and oxygen atoms in total. The molecule has 4 heteroatoms. The smallest absolute Gasteiger partial charge is 0.327 e. The number of nitrogens with one attached hydrogen (secondary N) is 1. The van der Waals surface area contributed by atoms with E-state index in [2.05, 4.69) is 10.5 Å². The maximum atomic E-state index is 10.4. The number of rotatable bonds is 4. The van der Waals surface area contributed by atoms with Gasteiger partial charge >= 0.3 is 5.97 Å². The van der Waals surface area contributed by atoms with E-state index in [4.69, 9.17) is 5.11 Å². The topological polar surface area (TPSA) is 61.7 Å². The second kappa shape index (κ2) is 4.71. The van der Waals surface area contributed by atoms with Crippen LogP contribution in [0.1, 0.15) is 27.2 Å². The highest BCUT2D eigenvalue weighted by Crippen LogP contribution is 1.90. The summed E-state index contributed by atoms with van der Waals surface area (Å²) in [7, 11) is 0. The highest BCUT2D eigenvalue weighted by Gasteiger charge is 2.12. The number of hydrazone groups is 1. The lowest BCUT2D eigenvalue weighted by molar-refractivity contribution is -0.139. The van der Waals surface area contributed by atoms with Crippen LogP contribution < -0.4 is 5.43 Å². The fraction of sp³-hybridized carbons (Fsp3) is 0.714. The summed E-state index contributed by atoms with van der Waals surface area (Å²) in [6.07, 6.45) is 0.534. The SMILES string of the molecule is CCC(NN=C(C)C)C(=O)O. The van der Waals surface area contributed by atoms with Crippen LogP contribution in [0.2, 0.25) is 0 Å². The van der Waals surface area contributed by atoms with Crippen LogP contribution in [-0.4, -0.2) is 22.8 Å². The van der Waals surface area contributed by atoms with E-state index >= 15 is 0 Å². The molecule has 2 N–H and O–H groups in total. The van der Waals surface area contributed by atoms with E-state index in [9.17, 15) is 4.79 Å². The molecule has 0 amide bonds. The first-order valence-corrected chi connectivity index (χ1v) is 3.57. The molecule has 0 spiro atoms. The zero-order valence-corrected chi connectivity index (χ0v) is 7.09. The Kier molecular flexibility index (Phi) is 4.26. The van der Waals surface area contributed by atoms with Crippen molar-refractivity contribution < 1.29 is 9.90 Å². The molecule has 64 valence electrons. The lowest BCUT2D eigenvalue weighted by Gasteiger charge is -2.08. The van der Waals surface area contributed by atoms with Crippen LogP contribution in [0.5, 0.6) is 0 Å². The third-order valence-electron chi connectivity index (χ3n) is 1.15. The second-order valence-corrected chi connectivity index (χ2v) is 2.49.